The molecular weight excluding hydrogens is 568 g/mol. The number of aliphatic hydroxyl groups excluding tert-OH is 1. The highest BCUT2D eigenvalue weighted by Gasteiger charge is 2.49. The van der Waals surface area contributed by atoms with Crippen LogP contribution >= 0.6 is 11.3 Å². The Morgan fingerprint density at radius 1 is 1.05 bits per heavy atom. The molecule has 12 nitrogen and oxygen atoms in total. The van der Waals surface area contributed by atoms with Gasteiger partial charge in [0, 0.05) is 5.56 Å². The molecule has 3 heterocycles. The highest BCUT2D eigenvalue weighted by atomic mass is 32.1. The first kappa shape index (κ1) is 28.7. The van der Waals surface area contributed by atoms with Crippen molar-refractivity contribution in [3.63, 3.8) is 0 Å². The number of amides is 1. The quantitative estimate of drug-likeness (QED) is 0.174. The average Bonchev–Trinajstić information content (AvgIpc) is 3.51. The van der Waals surface area contributed by atoms with E-state index in [1.54, 1.807) is 38.1 Å². The third-order valence-corrected chi connectivity index (χ3v) is 7.85. The maximum atomic E-state index is 13.7. The summed E-state index contributed by atoms with van der Waals surface area (Å²) in [5.41, 5.74) is 0.702. The fraction of sp³-hybridized carbons (Fsp3) is 0.310. The van der Waals surface area contributed by atoms with Crippen molar-refractivity contribution in [3.05, 3.63) is 57.6 Å². The molecule has 1 aromatic heterocycles. The number of esters is 1. The molecule has 5 rings (SSSR count). The average molecular weight is 597 g/mol. The number of aryl methyl sites for hydroxylation is 1. The molecule has 1 N–H and O–H groups in total. The fourth-order valence-electron chi connectivity index (χ4n) is 4.82. The van der Waals surface area contributed by atoms with Gasteiger partial charge in [0.15, 0.2) is 28.1 Å². The van der Waals surface area contributed by atoms with Crippen LogP contribution in [0.3, 0.4) is 0 Å². The standard InChI is InChI=1S/C29H28N2O10S/c1-6-39-28(35)26-14(2)30-29(42-26)31-22(16-12-19(36-3)25(38-5)20(13-16)37-4)21(24(33)27(31)34)23(32)15-7-8-17-18(11-15)41-10-9-40-17/h7-8,11-13,22,32H,6,9-10H2,1-5H3. The van der Waals surface area contributed by atoms with Gasteiger partial charge in [0.25, 0.3) is 5.78 Å². The zero-order valence-corrected chi connectivity index (χ0v) is 24.3. The van der Waals surface area contributed by atoms with Gasteiger partial charge in [-0.05, 0) is 49.7 Å². The number of hydrogen-bond donors (Lipinski definition) is 1. The van der Waals surface area contributed by atoms with Crippen LogP contribution < -0.4 is 28.6 Å². The minimum Gasteiger partial charge on any atom is -0.507 e. The van der Waals surface area contributed by atoms with E-state index in [9.17, 15) is 19.5 Å². The molecule has 1 amide bonds. The van der Waals surface area contributed by atoms with Gasteiger partial charge in [-0.3, -0.25) is 14.5 Å². The van der Waals surface area contributed by atoms with E-state index >= 15 is 0 Å². The van der Waals surface area contributed by atoms with Gasteiger partial charge in [-0.15, -0.1) is 0 Å². The van der Waals surface area contributed by atoms with Crippen molar-refractivity contribution in [3.8, 4) is 28.7 Å². The normalized spacial score (nSPS) is 17.3. The van der Waals surface area contributed by atoms with E-state index in [1.807, 2.05) is 0 Å². The summed E-state index contributed by atoms with van der Waals surface area (Å²) in [6, 6.07) is 6.69. The van der Waals surface area contributed by atoms with Crippen LogP contribution in [0.1, 0.15) is 39.5 Å². The van der Waals surface area contributed by atoms with Crippen molar-refractivity contribution >= 4 is 39.9 Å². The van der Waals surface area contributed by atoms with Crippen molar-refractivity contribution in [1.82, 2.24) is 4.98 Å². The molecule has 2 aliphatic rings. The number of thiazole rings is 1. The zero-order chi connectivity index (χ0) is 30.1. The molecule has 0 spiro atoms. The molecule has 0 bridgehead atoms. The Hall–Kier alpha value is -4.78. The number of Topliss-reactive ketones (excluding diaryl/α,β-unsaturated/α-hetero) is 1. The van der Waals surface area contributed by atoms with Gasteiger partial charge in [-0.2, -0.15) is 0 Å². The lowest BCUT2D eigenvalue weighted by Gasteiger charge is -2.25. The highest BCUT2D eigenvalue weighted by molar-refractivity contribution is 7.17. The summed E-state index contributed by atoms with van der Waals surface area (Å²) in [5, 5.41) is 11.7. The Kier molecular flexibility index (Phi) is 7.94. The molecule has 1 saturated heterocycles. The van der Waals surface area contributed by atoms with Gasteiger partial charge in [0.1, 0.15) is 23.9 Å². The van der Waals surface area contributed by atoms with E-state index in [2.05, 4.69) is 4.98 Å². The summed E-state index contributed by atoms with van der Waals surface area (Å²) in [7, 11) is 4.31. The maximum Gasteiger partial charge on any atom is 0.350 e. The summed E-state index contributed by atoms with van der Waals surface area (Å²) in [6.07, 6.45) is 0. The molecule has 2 aliphatic heterocycles. The van der Waals surface area contributed by atoms with Crippen LogP contribution in [0.2, 0.25) is 0 Å². The number of benzene rings is 2. The SMILES string of the molecule is CCOC(=O)c1sc(N2C(=O)C(=O)C(=C(O)c3ccc4c(c3)OCCO4)C2c2cc(OC)c(OC)c(OC)c2)nc1C. The van der Waals surface area contributed by atoms with Crippen LogP contribution in [0, 0.1) is 6.92 Å². The maximum absolute atomic E-state index is 13.7. The lowest BCUT2D eigenvalue weighted by atomic mass is 9.94. The van der Waals surface area contributed by atoms with Gasteiger partial charge in [-0.25, -0.2) is 9.78 Å². The largest absolute Gasteiger partial charge is 0.507 e. The van der Waals surface area contributed by atoms with Crippen LogP contribution in [0.4, 0.5) is 5.13 Å². The smallest absolute Gasteiger partial charge is 0.350 e. The Labute approximate surface area is 245 Å². The van der Waals surface area contributed by atoms with Crippen LogP contribution in [0.15, 0.2) is 35.9 Å². The monoisotopic (exact) mass is 596 g/mol. The summed E-state index contributed by atoms with van der Waals surface area (Å²) in [5.74, 6) is -1.24. The topological polar surface area (TPSA) is 143 Å². The number of methoxy groups -OCH3 is 3. The van der Waals surface area contributed by atoms with E-state index in [1.165, 1.54) is 27.4 Å². The number of anilines is 1. The Morgan fingerprint density at radius 2 is 1.71 bits per heavy atom. The van der Waals surface area contributed by atoms with E-state index in [-0.39, 0.29) is 39.3 Å². The summed E-state index contributed by atoms with van der Waals surface area (Å²) < 4.78 is 32.9. The molecule has 1 atom stereocenters. The molecule has 0 radical (unpaired) electrons. The molecular formula is C29H28N2O10S. The number of ether oxygens (including phenoxy) is 6. The van der Waals surface area contributed by atoms with E-state index in [0.29, 0.717) is 41.7 Å². The summed E-state index contributed by atoms with van der Waals surface area (Å²) in [6.45, 7) is 4.13. The van der Waals surface area contributed by atoms with E-state index in [0.717, 1.165) is 16.2 Å². The van der Waals surface area contributed by atoms with E-state index < -0.39 is 29.5 Å². The second kappa shape index (κ2) is 11.6. The number of fused-ring (bicyclic) bond motifs is 1. The summed E-state index contributed by atoms with van der Waals surface area (Å²) in [4.78, 5) is 45.7. The number of ketones is 1. The van der Waals surface area contributed by atoms with Crippen molar-refractivity contribution in [2.24, 2.45) is 0 Å². The predicted octanol–water partition coefficient (Wildman–Crippen LogP) is 4.05. The molecule has 42 heavy (non-hydrogen) atoms. The lowest BCUT2D eigenvalue weighted by molar-refractivity contribution is -0.132. The number of aromatic nitrogens is 1. The Morgan fingerprint density at radius 3 is 2.33 bits per heavy atom. The molecule has 1 fully saturated rings. The number of hydrogen-bond acceptors (Lipinski definition) is 12. The molecule has 3 aromatic rings. The highest BCUT2D eigenvalue weighted by Crippen LogP contribution is 2.48. The van der Waals surface area contributed by atoms with Crippen molar-refractivity contribution in [2.45, 2.75) is 19.9 Å². The molecule has 0 saturated carbocycles. The molecule has 1 unspecified atom stereocenters. The third kappa shape index (κ3) is 4.85. The predicted molar refractivity (Wildman–Crippen MR) is 151 cm³/mol. The van der Waals surface area contributed by atoms with Gasteiger partial charge < -0.3 is 33.5 Å². The second-order valence-corrected chi connectivity index (χ2v) is 10.1. The number of nitrogens with zero attached hydrogens (tertiary/aromatic N) is 2. The number of aliphatic hydroxyl groups is 1. The fourth-order valence-corrected chi connectivity index (χ4v) is 5.81. The van der Waals surface area contributed by atoms with Crippen molar-refractivity contribution in [1.29, 1.82) is 0 Å². The minimum absolute atomic E-state index is 0.0672. The zero-order valence-electron chi connectivity index (χ0n) is 23.5. The van der Waals surface area contributed by atoms with Crippen LogP contribution in [0.5, 0.6) is 28.7 Å². The first-order valence-corrected chi connectivity index (χ1v) is 13.7. The molecule has 2 aromatic carbocycles. The number of rotatable bonds is 8. The molecule has 13 heteroatoms. The van der Waals surface area contributed by atoms with Crippen LogP contribution in [-0.4, -0.2) is 68.9 Å². The van der Waals surface area contributed by atoms with Crippen molar-refractivity contribution < 1.29 is 47.9 Å². The third-order valence-electron chi connectivity index (χ3n) is 6.72. The minimum atomic E-state index is -1.19. The Bertz CT molecular complexity index is 1590. The van der Waals surface area contributed by atoms with Crippen molar-refractivity contribution in [2.75, 3.05) is 46.0 Å². The van der Waals surface area contributed by atoms with Crippen LogP contribution in [0.25, 0.3) is 5.76 Å². The Balaban J connectivity index is 1.74. The van der Waals surface area contributed by atoms with Crippen LogP contribution in [-0.2, 0) is 14.3 Å². The molecule has 0 aliphatic carbocycles. The number of carbonyl (C=O) groups is 3. The lowest BCUT2D eigenvalue weighted by Crippen LogP contribution is -2.29. The van der Waals surface area contributed by atoms with Gasteiger partial charge in [-0.1, -0.05) is 11.3 Å². The van der Waals surface area contributed by atoms with Gasteiger partial charge in [0.05, 0.1) is 45.2 Å². The van der Waals surface area contributed by atoms with Gasteiger partial charge in [0.2, 0.25) is 5.75 Å². The van der Waals surface area contributed by atoms with Gasteiger partial charge >= 0.3 is 11.9 Å². The summed E-state index contributed by atoms with van der Waals surface area (Å²) >= 11 is 0.904. The van der Waals surface area contributed by atoms with E-state index in [4.69, 9.17) is 28.4 Å². The second-order valence-electron chi connectivity index (χ2n) is 9.12. The first-order valence-electron chi connectivity index (χ1n) is 12.9. The molecule has 220 valence electrons. The number of carbonyl (C=O) groups excluding carboxylic acids is 3. The first-order chi connectivity index (χ1) is 20.2.